The molecule has 0 unspecified atom stereocenters. The number of para-hydroxylation sites is 2. The third-order valence-corrected chi connectivity index (χ3v) is 5.45. The second kappa shape index (κ2) is 11.6. The van der Waals surface area contributed by atoms with Crippen LogP contribution in [-0.2, 0) is 9.59 Å². The fraction of sp³-hybridized carbons (Fsp3) is 0.172. The van der Waals surface area contributed by atoms with E-state index in [1.54, 1.807) is 42.5 Å². The molecule has 0 amide bonds. The summed E-state index contributed by atoms with van der Waals surface area (Å²) in [5.41, 5.74) is 0. The minimum Gasteiger partial charge on any atom is -0.449 e. The fourth-order valence-corrected chi connectivity index (χ4v) is 3.76. The van der Waals surface area contributed by atoms with Crippen molar-refractivity contribution in [3.8, 4) is 34.5 Å². The van der Waals surface area contributed by atoms with Gasteiger partial charge in [0.15, 0.2) is 11.5 Å². The Kier molecular flexibility index (Phi) is 8.08. The Bertz CT molecular complexity index is 1370. The predicted octanol–water partition coefficient (Wildman–Crippen LogP) is 8.10. The monoisotopic (exact) mass is 504 g/mol. The Hall–Kier alpha value is -4.03. The van der Waals surface area contributed by atoms with E-state index in [9.17, 15) is 9.59 Å². The normalized spacial score (nSPS) is 10.6. The van der Waals surface area contributed by atoms with Crippen molar-refractivity contribution in [2.45, 2.75) is 33.1 Å². The second-order valence-electron chi connectivity index (χ2n) is 8.01. The number of benzene rings is 4. The zero-order valence-corrected chi connectivity index (χ0v) is 20.7. The third-order valence-electron chi connectivity index (χ3n) is 5.21. The highest BCUT2D eigenvalue weighted by Gasteiger charge is 2.28. The standard InChI is InChI=1S/C29H25ClO6/c1-3-4-15-25(32)36-27-24-18-20(30)16-17-23(24)26(33-19(2)31)28(34-21-11-7-5-8-12-21)29(27)35-22-13-9-6-10-14-22/h5-14,16-18H,3-4,15H2,1-2H3. The van der Waals surface area contributed by atoms with E-state index in [2.05, 4.69) is 0 Å². The summed E-state index contributed by atoms with van der Waals surface area (Å²) >= 11 is 6.33. The summed E-state index contributed by atoms with van der Waals surface area (Å²) < 4.78 is 24.0. The highest BCUT2D eigenvalue weighted by molar-refractivity contribution is 6.31. The molecular weight excluding hydrogens is 480 g/mol. The van der Waals surface area contributed by atoms with Crippen molar-refractivity contribution in [2.75, 3.05) is 0 Å². The first-order chi connectivity index (χ1) is 17.5. The molecule has 0 radical (unpaired) electrons. The van der Waals surface area contributed by atoms with Crippen LogP contribution in [0.3, 0.4) is 0 Å². The van der Waals surface area contributed by atoms with Gasteiger partial charge in [0, 0.05) is 29.1 Å². The highest BCUT2D eigenvalue weighted by atomic mass is 35.5. The van der Waals surface area contributed by atoms with E-state index >= 15 is 0 Å². The molecule has 0 N–H and O–H groups in total. The lowest BCUT2D eigenvalue weighted by molar-refractivity contribution is -0.134. The summed E-state index contributed by atoms with van der Waals surface area (Å²) in [6.45, 7) is 3.29. The number of unbranched alkanes of at least 4 members (excludes halogenated alkanes) is 1. The van der Waals surface area contributed by atoms with E-state index < -0.39 is 11.9 Å². The van der Waals surface area contributed by atoms with E-state index in [4.69, 9.17) is 30.5 Å². The van der Waals surface area contributed by atoms with Gasteiger partial charge in [-0.25, -0.2) is 0 Å². The number of carbonyl (C=O) groups excluding carboxylic acids is 2. The van der Waals surface area contributed by atoms with Gasteiger partial charge in [0.1, 0.15) is 11.5 Å². The minimum absolute atomic E-state index is 0.0842. The van der Waals surface area contributed by atoms with Crippen LogP contribution in [-0.4, -0.2) is 11.9 Å². The molecule has 0 aromatic heterocycles. The van der Waals surface area contributed by atoms with Gasteiger partial charge >= 0.3 is 11.9 Å². The maximum atomic E-state index is 12.8. The molecule has 4 aromatic rings. The summed E-state index contributed by atoms with van der Waals surface area (Å²) in [4.78, 5) is 24.9. The van der Waals surface area contributed by atoms with E-state index in [-0.39, 0.29) is 29.4 Å². The van der Waals surface area contributed by atoms with Crippen molar-refractivity contribution in [3.63, 3.8) is 0 Å². The van der Waals surface area contributed by atoms with Crippen molar-refractivity contribution < 1.29 is 28.5 Å². The Morgan fingerprint density at radius 2 is 1.28 bits per heavy atom. The van der Waals surface area contributed by atoms with Crippen LogP contribution in [0.5, 0.6) is 34.5 Å². The maximum Gasteiger partial charge on any atom is 0.311 e. The number of carbonyl (C=O) groups is 2. The van der Waals surface area contributed by atoms with Crippen molar-refractivity contribution in [2.24, 2.45) is 0 Å². The average Bonchev–Trinajstić information content (AvgIpc) is 2.87. The lowest BCUT2D eigenvalue weighted by Gasteiger charge is -2.21. The summed E-state index contributed by atoms with van der Waals surface area (Å²) in [6, 6.07) is 22.9. The molecule has 0 spiro atoms. The number of fused-ring (bicyclic) bond motifs is 1. The lowest BCUT2D eigenvalue weighted by atomic mass is 10.1. The Morgan fingerprint density at radius 3 is 1.81 bits per heavy atom. The molecule has 0 aliphatic heterocycles. The number of hydrogen-bond donors (Lipinski definition) is 0. The van der Waals surface area contributed by atoms with Crippen molar-refractivity contribution >= 4 is 34.3 Å². The zero-order valence-electron chi connectivity index (χ0n) is 20.0. The minimum atomic E-state index is -0.553. The van der Waals surface area contributed by atoms with Gasteiger partial charge in [-0.1, -0.05) is 61.3 Å². The van der Waals surface area contributed by atoms with Gasteiger partial charge in [-0.2, -0.15) is 0 Å². The topological polar surface area (TPSA) is 71.1 Å². The maximum absolute atomic E-state index is 12.8. The molecule has 36 heavy (non-hydrogen) atoms. The summed E-state index contributed by atoms with van der Waals surface area (Å²) in [7, 11) is 0. The second-order valence-corrected chi connectivity index (χ2v) is 8.44. The first-order valence-corrected chi connectivity index (χ1v) is 12.0. The zero-order chi connectivity index (χ0) is 25.5. The Morgan fingerprint density at radius 1 is 0.722 bits per heavy atom. The van der Waals surface area contributed by atoms with E-state index in [1.165, 1.54) is 6.92 Å². The largest absolute Gasteiger partial charge is 0.449 e. The molecule has 0 atom stereocenters. The van der Waals surface area contributed by atoms with Crippen LogP contribution >= 0.6 is 11.6 Å². The van der Waals surface area contributed by atoms with Gasteiger partial charge in [-0.15, -0.1) is 0 Å². The van der Waals surface area contributed by atoms with Crippen molar-refractivity contribution in [1.29, 1.82) is 0 Å². The van der Waals surface area contributed by atoms with Crippen molar-refractivity contribution in [1.82, 2.24) is 0 Å². The summed E-state index contributed by atoms with van der Waals surface area (Å²) in [5, 5.41) is 1.32. The molecule has 7 heteroatoms. The van der Waals surface area contributed by atoms with Gasteiger partial charge in [0.25, 0.3) is 0 Å². The Labute approximate surface area is 214 Å². The molecule has 4 rings (SSSR count). The van der Waals surface area contributed by atoms with Gasteiger partial charge < -0.3 is 18.9 Å². The fourth-order valence-electron chi connectivity index (χ4n) is 3.58. The highest BCUT2D eigenvalue weighted by Crippen LogP contribution is 2.54. The molecule has 0 fully saturated rings. The van der Waals surface area contributed by atoms with Gasteiger partial charge in [0.2, 0.25) is 11.5 Å². The van der Waals surface area contributed by atoms with E-state index in [1.807, 2.05) is 43.3 Å². The predicted molar refractivity (Wildman–Crippen MR) is 138 cm³/mol. The van der Waals surface area contributed by atoms with Crippen LogP contribution in [0.1, 0.15) is 33.1 Å². The van der Waals surface area contributed by atoms with Gasteiger partial charge in [-0.05, 0) is 48.9 Å². The molecule has 0 bridgehead atoms. The molecule has 6 nitrogen and oxygen atoms in total. The van der Waals surface area contributed by atoms with Gasteiger partial charge in [-0.3, -0.25) is 9.59 Å². The van der Waals surface area contributed by atoms with Crippen LogP contribution in [0.4, 0.5) is 0 Å². The number of esters is 2. The molecule has 184 valence electrons. The average molecular weight is 505 g/mol. The molecule has 0 aliphatic carbocycles. The van der Waals surface area contributed by atoms with E-state index in [0.29, 0.717) is 33.7 Å². The van der Waals surface area contributed by atoms with Crippen molar-refractivity contribution in [3.05, 3.63) is 83.9 Å². The Balaban J connectivity index is 2.02. The van der Waals surface area contributed by atoms with Crippen LogP contribution in [0.25, 0.3) is 10.8 Å². The third kappa shape index (κ3) is 5.96. The quantitative estimate of drug-likeness (QED) is 0.169. The lowest BCUT2D eigenvalue weighted by Crippen LogP contribution is -2.10. The molecule has 0 aliphatic rings. The molecule has 0 saturated heterocycles. The summed E-state index contributed by atoms with van der Waals surface area (Å²) in [5.74, 6) is 0.382. The SMILES string of the molecule is CCCCC(=O)Oc1c(Oc2ccccc2)c(Oc2ccccc2)c(OC(C)=O)c2ccc(Cl)cc12. The number of rotatable bonds is 9. The molecule has 0 saturated carbocycles. The molecule has 0 heterocycles. The number of halogens is 1. The van der Waals surface area contributed by atoms with Crippen LogP contribution in [0.15, 0.2) is 78.9 Å². The number of ether oxygens (including phenoxy) is 4. The molecular formula is C29H25ClO6. The first kappa shape index (κ1) is 25.1. The molecule has 4 aromatic carbocycles. The smallest absolute Gasteiger partial charge is 0.311 e. The first-order valence-electron chi connectivity index (χ1n) is 11.6. The van der Waals surface area contributed by atoms with Gasteiger partial charge in [0.05, 0.1) is 0 Å². The van der Waals surface area contributed by atoms with Crippen LogP contribution < -0.4 is 18.9 Å². The van der Waals surface area contributed by atoms with Crippen LogP contribution in [0.2, 0.25) is 5.02 Å². The van der Waals surface area contributed by atoms with Crippen LogP contribution in [0, 0.1) is 0 Å². The van der Waals surface area contributed by atoms with E-state index in [0.717, 1.165) is 6.42 Å². The number of hydrogen-bond acceptors (Lipinski definition) is 6. The summed E-state index contributed by atoms with van der Waals surface area (Å²) in [6.07, 6.45) is 1.73.